The Balaban J connectivity index is 3.13. The molecule has 1 fully saturated rings. The van der Waals surface area contributed by atoms with Crippen molar-refractivity contribution in [2.24, 2.45) is 0 Å². The molecular weight excluding hydrogens is 298 g/mol. The van der Waals surface area contributed by atoms with Crippen LogP contribution in [0.1, 0.15) is 25.7 Å². The van der Waals surface area contributed by atoms with Gasteiger partial charge in [0.2, 0.25) is 0 Å². The van der Waals surface area contributed by atoms with Gasteiger partial charge in [0, 0.05) is 6.42 Å². The van der Waals surface area contributed by atoms with E-state index in [2.05, 4.69) is 11.5 Å². The van der Waals surface area contributed by atoms with Crippen LogP contribution in [0.15, 0.2) is 12.3 Å². The van der Waals surface area contributed by atoms with E-state index in [9.17, 15) is 14.4 Å². The number of nitrogens with zero attached hydrogens (tertiary/aromatic N) is 1. The largest absolute Gasteiger partial charge is 0.481 e. The van der Waals surface area contributed by atoms with Gasteiger partial charge in [-0.1, -0.05) is 6.58 Å². The van der Waals surface area contributed by atoms with Gasteiger partial charge in [0.1, 0.15) is 0 Å². The summed E-state index contributed by atoms with van der Waals surface area (Å²) >= 11 is 0. The van der Waals surface area contributed by atoms with Crippen molar-refractivity contribution in [3.05, 3.63) is 12.3 Å². The van der Waals surface area contributed by atoms with Gasteiger partial charge in [-0.05, 0) is 0 Å². The second kappa shape index (κ2) is 6.75. The minimum Gasteiger partial charge on any atom is -0.481 e. The smallest absolute Gasteiger partial charge is 0.359 e. The third kappa shape index (κ3) is 3.37. The van der Waals surface area contributed by atoms with Gasteiger partial charge in [0.05, 0.1) is 32.4 Å². The third-order valence-corrected chi connectivity index (χ3v) is 4.43. The number of carboxylic acid groups (broad SMARTS) is 3. The van der Waals surface area contributed by atoms with Crippen LogP contribution in [-0.2, 0) is 19.3 Å². The quantitative estimate of drug-likeness (QED) is 0.196. The highest BCUT2D eigenvalue weighted by molar-refractivity contribution is 5.69. The molecule has 0 amide bonds. The molecule has 22 heavy (non-hydrogen) atoms. The number of carbonyl (C=O) groups is 3. The number of aliphatic carboxylic acids is 3. The Hall–Kier alpha value is -2.13. The van der Waals surface area contributed by atoms with E-state index in [4.69, 9.17) is 20.6 Å². The van der Waals surface area contributed by atoms with Crippen molar-refractivity contribution in [2.75, 3.05) is 19.6 Å². The van der Waals surface area contributed by atoms with Crippen LogP contribution >= 0.6 is 0 Å². The lowest BCUT2D eigenvalue weighted by Gasteiger charge is -2.59. The monoisotopic (exact) mass is 318 g/mol. The van der Waals surface area contributed by atoms with E-state index in [1.165, 1.54) is 0 Å². The molecule has 2 atom stereocenters. The number of likely N-dealkylation sites (tertiary alicyclic amines) is 1. The van der Waals surface area contributed by atoms with Crippen LogP contribution < -0.4 is 0 Å². The molecule has 0 bridgehead atoms. The summed E-state index contributed by atoms with van der Waals surface area (Å²) in [6.45, 7) is 3.50. The molecule has 2 unspecified atom stereocenters. The van der Waals surface area contributed by atoms with Gasteiger partial charge in [-0.25, -0.2) is 10.1 Å². The standard InChI is InChI=1S/C13H19NO8/c1-9(22-21)13(4-2-10(15)16)5-7-14(13,8-12(19)20)6-3-11(17)18/h1-8H2,(H3-,15,16,17,18,19,20,21)/p+1. The van der Waals surface area contributed by atoms with Crippen LogP contribution in [0.4, 0.5) is 0 Å². The van der Waals surface area contributed by atoms with Gasteiger partial charge >= 0.3 is 17.9 Å². The summed E-state index contributed by atoms with van der Waals surface area (Å²) in [5.74, 6) is -3.44. The van der Waals surface area contributed by atoms with E-state index in [1.54, 1.807) is 0 Å². The molecule has 0 aromatic carbocycles. The predicted octanol–water partition coefficient (Wildman–Crippen LogP) is 0.373. The third-order valence-electron chi connectivity index (χ3n) is 4.43. The topological polar surface area (TPSA) is 141 Å². The van der Waals surface area contributed by atoms with Gasteiger partial charge in [0.25, 0.3) is 0 Å². The minimum absolute atomic E-state index is 0.00856. The molecule has 1 aliphatic heterocycles. The Morgan fingerprint density at radius 1 is 1.09 bits per heavy atom. The lowest BCUT2D eigenvalue weighted by molar-refractivity contribution is -1.01. The van der Waals surface area contributed by atoms with E-state index >= 15 is 0 Å². The molecule has 1 aliphatic rings. The zero-order chi connectivity index (χ0) is 17.0. The fourth-order valence-corrected chi connectivity index (χ4v) is 3.21. The van der Waals surface area contributed by atoms with Gasteiger partial charge in [-0.3, -0.25) is 9.59 Å². The lowest BCUT2D eigenvalue weighted by atomic mass is 9.75. The van der Waals surface area contributed by atoms with Gasteiger partial charge < -0.3 is 24.7 Å². The highest BCUT2D eigenvalue weighted by atomic mass is 17.1. The van der Waals surface area contributed by atoms with Crippen LogP contribution in [0.25, 0.3) is 0 Å². The predicted molar refractivity (Wildman–Crippen MR) is 71.8 cm³/mol. The van der Waals surface area contributed by atoms with Gasteiger partial charge in [-0.2, -0.15) is 0 Å². The van der Waals surface area contributed by atoms with E-state index in [0.29, 0.717) is 13.0 Å². The van der Waals surface area contributed by atoms with Crippen LogP contribution in [0.3, 0.4) is 0 Å². The Labute approximate surface area is 126 Å². The maximum Gasteiger partial charge on any atom is 0.359 e. The molecule has 0 aromatic rings. The number of carboxylic acids is 3. The van der Waals surface area contributed by atoms with E-state index < -0.39 is 30.0 Å². The first-order valence-corrected chi connectivity index (χ1v) is 6.71. The zero-order valence-corrected chi connectivity index (χ0v) is 12.0. The van der Waals surface area contributed by atoms with E-state index in [-0.39, 0.29) is 36.0 Å². The Bertz CT molecular complexity index is 490. The van der Waals surface area contributed by atoms with Crippen molar-refractivity contribution < 1.29 is 44.3 Å². The number of quaternary nitrogens is 1. The second-order valence-corrected chi connectivity index (χ2v) is 5.48. The van der Waals surface area contributed by atoms with Crippen molar-refractivity contribution in [1.82, 2.24) is 0 Å². The molecule has 0 saturated carbocycles. The Morgan fingerprint density at radius 2 is 1.68 bits per heavy atom. The second-order valence-electron chi connectivity index (χ2n) is 5.48. The van der Waals surface area contributed by atoms with Gasteiger partial charge in [-0.15, -0.1) is 0 Å². The van der Waals surface area contributed by atoms with E-state index in [1.807, 2.05) is 0 Å². The van der Waals surface area contributed by atoms with Crippen molar-refractivity contribution >= 4 is 17.9 Å². The molecule has 0 aromatic heterocycles. The molecule has 124 valence electrons. The number of hydrogen-bond acceptors (Lipinski definition) is 5. The van der Waals surface area contributed by atoms with Crippen LogP contribution in [0, 0.1) is 0 Å². The van der Waals surface area contributed by atoms with E-state index in [0.717, 1.165) is 0 Å². The Kier molecular flexibility index (Phi) is 5.50. The minimum atomic E-state index is -1.14. The molecule has 1 rings (SSSR count). The number of rotatable bonds is 10. The first kappa shape index (κ1) is 17.9. The molecule has 1 saturated heterocycles. The highest BCUT2D eigenvalue weighted by Crippen LogP contribution is 2.48. The van der Waals surface area contributed by atoms with Crippen molar-refractivity contribution in [3.8, 4) is 0 Å². The lowest BCUT2D eigenvalue weighted by Crippen LogP contribution is -2.76. The van der Waals surface area contributed by atoms with Gasteiger partial charge in [0.15, 0.2) is 17.8 Å². The first-order chi connectivity index (χ1) is 10.2. The van der Waals surface area contributed by atoms with Crippen molar-refractivity contribution in [1.29, 1.82) is 0 Å². The van der Waals surface area contributed by atoms with Crippen molar-refractivity contribution in [3.63, 3.8) is 0 Å². The van der Waals surface area contributed by atoms with Crippen LogP contribution in [-0.4, -0.2) is 68.1 Å². The molecule has 4 N–H and O–H groups in total. The fourth-order valence-electron chi connectivity index (χ4n) is 3.21. The molecular formula is C13H20NO8+. The highest BCUT2D eigenvalue weighted by Gasteiger charge is 2.63. The summed E-state index contributed by atoms with van der Waals surface area (Å²) in [7, 11) is 0. The molecule has 0 radical (unpaired) electrons. The zero-order valence-electron chi connectivity index (χ0n) is 12.0. The molecule has 9 heteroatoms. The normalized spacial score (nSPS) is 26.8. The summed E-state index contributed by atoms with van der Waals surface area (Å²) in [4.78, 5) is 37.0. The molecule has 0 spiro atoms. The summed E-state index contributed by atoms with van der Waals surface area (Å²) in [6, 6.07) is 0. The summed E-state index contributed by atoms with van der Waals surface area (Å²) in [5.41, 5.74) is -1.11. The first-order valence-electron chi connectivity index (χ1n) is 6.71. The SMILES string of the molecule is C=C(OO)C1(CCC(=O)O)CC[N+]1(CCC(=O)O)CC(=O)O. The maximum atomic E-state index is 11.2. The van der Waals surface area contributed by atoms with Crippen LogP contribution in [0.2, 0.25) is 0 Å². The number of hydrogen-bond donors (Lipinski definition) is 4. The Morgan fingerprint density at radius 3 is 2.05 bits per heavy atom. The maximum absolute atomic E-state index is 11.2. The average molecular weight is 318 g/mol. The molecule has 0 aliphatic carbocycles. The summed E-state index contributed by atoms with van der Waals surface area (Å²) < 4.78 is -0.193. The molecule has 9 nitrogen and oxygen atoms in total. The van der Waals surface area contributed by atoms with Crippen molar-refractivity contribution in [2.45, 2.75) is 31.2 Å². The van der Waals surface area contributed by atoms with Crippen LogP contribution in [0.5, 0.6) is 0 Å². The summed E-state index contributed by atoms with van der Waals surface area (Å²) in [5, 5.41) is 35.8. The average Bonchev–Trinajstić information content (AvgIpc) is 2.41. The summed E-state index contributed by atoms with van der Waals surface area (Å²) in [6.07, 6.45) is -0.170. The fraction of sp³-hybridized carbons (Fsp3) is 0.615. The molecule has 1 heterocycles.